The van der Waals surface area contributed by atoms with Gasteiger partial charge < -0.3 is 21.7 Å². The Balaban J connectivity index is 1.61. The summed E-state index contributed by atoms with van der Waals surface area (Å²) in [6.45, 7) is 2.52. The van der Waals surface area contributed by atoms with Gasteiger partial charge in [-0.05, 0) is 85.5 Å². The first-order chi connectivity index (χ1) is 19.6. The number of aromatic nitrogens is 3. The molecule has 0 spiro atoms. The molecule has 0 radical (unpaired) electrons. The quantitative estimate of drug-likeness (QED) is 0.267. The zero-order chi connectivity index (χ0) is 29.3. The molecule has 2 aromatic carbocycles. The summed E-state index contributed by atoms with van der Waals surface area (Å²) in [4.78, 5) is 54.0. The minimum atomic E-state index is -1.04. The smallest absolute Gasteiger partial charge is 0.340 e. The molecule has 5 rings (SSSR count). The van der Waals surface area contributed by atoms with Gasteiger partial charge in [-0.1, -0.05) is 12.1 Å². The summed E-state index contributed by atoms with van der Waals surface area (Å²) in [5.41, 5.74) is 13.7. The molecule has 2 heterocycles. The molecule has 3 aromatic rings. The molecule has 1 fully saturated rings. The van der Waals surface area contributed by atoms with E-state index in [0.717, 1.165) is 28.7 Å². The van der Waals surface area contributed by atoms with Crippen molar-refractivity contribution < 1.29 is 14.4 Å². The zero-order valence-electron chi connectivity index (χ0n) is 22.7. The van der Waals surface area contributed by atoms with Gasteiger partial charge in [0, 0.05) is 23.7 Å². The van der Waals surface area contributed by atoms with Gasteiger partial charge in [0.05, 0.1) is 18.0 Å². The lowest BCUT2D eigenvalue weighted by Gasteiger charge is -2.37. The van der Waals surface area contributed by atoms with Gasteiger partial charge in [0.2, 0.25) is 17.7 Å². The molecule has 12 heteroatoms. The Morgan fingerprint density at radius 3 is 2.24 bits per heavy atom. The number of rotatable bonds is 8. The second-order valence-corrected chi connectivity index (χ2v) is 10.8. The third-order valence-electron chi connectivity index (χ3n) is 8.20. The van der Waals surface area contributed by atoms with Gasteiger partial charge in [0.15, 0.2) is 0 Å². The molecule has 212 valence electrons. The van der Waals surface area contributed by atoms with E-state index in [4.69, 9.17) is 11.5 Å². The Labute approximate surface area is 236 Å². The number of aromatic amines is 2. The van der Waals surface area contributed by atoms with Crippen molar-refractivity contribution in [3.05, 3.63) is 86.1 Å². The van der Waals surface area contributed by atoms with E-state index in [2.05, 4.69) is 26.6 Å². The Hall–Kier alpha value is -4.76. The number of amides is 3. The van der Waals surface area contributed by atoms with E-state index in [9.17, 15) is 24.4 Å². The largest absolute Gasteiger partial charge is 0.366 e. The average molecular weight is 557 g/mol. The first-order valence-electron chi connectivity index (χ1n) is 13.6. The normalized spacial score (nSPS) is 18.0. The summed E-state index contributed by atoms with van der Waals surface area (Å²) in [5, 5.41) is 19.6. The van der Waals surface area contributed by atoms with Crippen LogP contribution in [0.2, 0.25) is 0 Å². The van der Waals surface area contributed by atoms with Gasteiger partial charge in [-0.2, -0.15) is 10.4 Å². The number of carbonyl (C=O) groups excluding carboxylic acids is 3. The van der Waals surface area contributed by atoms with E-state index in [0.29, 0.717) is 49.2 Å². The van der Waals surface area contributed by atoms with Gasteiger partial charge in [-0.25, -0.2) is 9.89 Å². The number of benzene rings is 2. The molecule has 0 bridgehead atoms. The summed E-state index contributed by atoms with van der Waals surface area (Å²) in [6.07, 6.45) is 2.89. The highest BCUT2D eigenvalue weighted by molar-refractivity contribution is 5.94. The number of likely N-dealkylation sites (tertiary alicyclic amines) is 1. The second kappa shape index (κ2) is 11.0. The number of H-pyrrole nitrogens is 2. The summed E-state index contributed by atoms with van der Waals surface area (Å²) in [5.74, 6) is -0.914. The van der Waals surface area contributed by atoms with E-state index in [-0.39, 0.29) is 18.5 Å². The van der Waals surface area contributed by atoms with Crippen molar-refractivity contribution in [2.45, 2.75) is 56.5 Å². The molecule has 1 aromatic heterocycles. The van der Waals surface area contributed by atoms with Crippen LogP contribution in [-0.2, 0) is 23.1 Å². The van der Waals surface area contributed by atoms with E-state index >= 15 is 0 Å². The number of fused-ring (bicyclic) bond motifs is 2. The van der Waals surface area contributed by atoms with Crippen LogP contribution in [0.3, 0.4) is 0 Å². The van der Waals surface area contributed by atoms with Gasteiger partial charge in [0.1, 0.15) is 11.9 Å². The number of nitrogens with two attached hydrogens (primary N) is 2. The van der Waals surface area contributed by atoms with Crippen LogP contribution in [0.15, 0.2) is 41.2 Å². The van der Waals surface area contributed by atoms with Gasteiger partial charge in [0.25, 0.3) is 0 Å². The van der Waals surface area contributed by atoms with Crippen molar-refractivity contribution in [1.82, 2.24) is 25.4 Å². The third-order valence-corrected chi connectivity index (χ3v) is 8.20. The standard InChI is InChI=1S/C29H32N8O4/c1-16(33-15-24(38)37-10-2-3-21(37)14-30)13-29(27-34-28(41)36-35-27)22-8-6-19(25(31)39)11-17(22)4-5-18-12-20(26(32)40)7-9-23(18)29/h6-9,11-12,16,21,33H,2-5,10,13,15H2,1H3,(H2,31,39)(H2,32,40)(H2,34,35,36,41)/t16-,21+/m1/s1. The number of hydrogen-bond donors (Lipinski definition) is 5. The number of aryl methyl sites for hydroxylation is 2. The zero-order valence-corrected chi connectivity index (χ0v) is 22.7. The first kappa shape index (κ1) is 27.8. The summed E-state index contributed by atoms with van der Waals surface area (Å²) in [6, 6.07) is 12.0. The molecule has 7 N–H and O–H groups in total. The van der Waals surface area contributed by atoms with Crippen LogP contribution in [0.25, 0.3) is 0 Å². The van der Waals surface area contributed by atoms with Crippen LogP contribution in [0.1, 0.15) is 75.0 Å². The maximum atomic E-state index is 13.0. The topological polar surface area (TPSA) is 204 Å². The Kier molecular flexibility index (Phi) is 7.47. The van der Waals surface area contributed by atoms with E-state index in [1.807, 2.05) is 19.1 Å². The van der Waals surface area contributed by atoms with Crippen molar-refractivity contribution in [1.29, 1.82) is 5.26 Å². The Morgan fingerprint density at radius 2 is 1.73 bits per heavy atom. The molecule has 2 aliphatic rings. The average Bonchev–Trinajstić information content (AvgIpc) is 3.60. The van der Waals surface area contributed by atoms with Crippen molar-refractivity contribution in [2.75, 3.05) is 13.1 Å². The highest BCUT2D eigenvalue weighted by Crippen LogP contribution is 2.46. The fourth-order valence-corrected chi connectivity index (χ4v) is 6.29. The number of nitrogens with one attached hydrogen (secondary N) is 3. The second-order valence-electron chi connectivity index (χ2n) is 10.8. The SMILES string of the molecule is C[C@H](CC1(c2n[nH]c(=O)[nH]2)c2ccc(C(N)=O)cc2CCc2cc(C(N)=O)ccc21)NCC(=O)N1CCC[C@H]1C#N. The highest BCUT2D eigenvalue weighted by Gasteiger charge is 2.45. The lowest BCUT2D eigenvalue weighted by atomic mass is 9.67. The molecule has 2 atom stereocenters. The molecule has 1 aliphatic carbocycles. The summed E-state index contributed by atoms with van der Waals surface area (Å²) >= 11 is 0. The van der Waals surface area contributed by atoms with Gasteiger partial charge in [-0.3, -0.25) is 19.4 Å². The highest BCUT2D eigenvalue weighted by atomic mass is 16.2. The van der Waals surface area contributed by atoms with Crippen LogP contribution in [0, 0.1) is 11.3 Å². The van der Waals surface area contributed by atoms with Crippen LogP contribution >= 0.6 is 0 Å². The summed E-state index contributed by atoms with van der Waals surface area (Å²) in [7, 11) is 0. The third kappa shape index (κ3) is 5.12. The molecular weight excluding hydrogens is 524 g/mol. The fourth-order valence-electron chi connectivity index (χ4n) is 6.29. The van der Waals surface area contributed by atoms with Crippen molar-refractivity contribution in [3.8, 4) is 6.07 Å². The number of nitrogens with zero attached hydrogens (tertiary/aromatic N) is 3. The number of nitriles is 1. The minimum absolute atomic E-state index is 0.0352. The maximum absolute atomic E-state index is 13.0. The molecule has 1 saturated heterocycles. The van der Waals surface area contributed by atoms with Crippen LogP contribution < -0.4 is 22.5 Å². The van der Waals surface area contributed by atoms with Gasteiger partial charge in [-0.15, -0.1) is 0 Å². The molecular formula is C29H32N8O4. The summed E-state index contributed by atoms with van der Waals surface area (Å²) < 4.78 is 0. The minimum Gasteiger partial charge on any atom is -0.366 e. The number of primary amides is 2. The van der Waals surface area contributed by atoms with Crippen molar-refractivity contribution in [3.63, 3.8) is 0 Å². The van der Waals surface area contributed by atoms with Gasteiger partial charge >= 0.3 is 5.69 Å². The molecule has 0 saturated carbocycles. The molecule has 0 unspecified atom stereocenters. The molecule has 12 nitrogen and oxygen atoms in total. The fraction of sp³-hybridized carbons (Fsp3) is 0.379. The number of carbonyl (C=O) groups is 3. The lowest BCUT2D eigenvalue weighted by molar-refractivity contribution is -0.130. The van der Waals surface area contributed by atoms with E-state index < -0.39 is 29.0 Å². The monoisotopic (exact) mass is 556 g/mol. The van der Waals surface area contributed by atoms with Crippen molar-refractivity contribution in [2.24, 2.45) is 11.5 Å². The lowest BCUT2D eigenvalue weighted by Crippen LogP contribution is -2.45. The number of hydrogen-bond acceptors (Lipinski definition) is 7. The van der Waals surface area contributed by atoms with E-state index in [1.165, 1.54) is 0 Å². The predicted molar refractivity (Wildman–Crippen MR) is 149 cm³/mol. The van der Waals surface area contributed by atoms with Crippen molar-refractivity contribution >= 4 is 17.7 Å². The van der Waals surface area contributed by atoms with Crippen LogP contribution in [-0.4, -0.2) is 63.0 Å². The Bertz CT molecular complexity index is 1550. The first-order valence-corrected chi connectivity index (χ1v) is 13.6. The maximum Gasteiger partial charge on any atom is 0.340 e. The molecule has 41 heavy (non-hydrogen) atoms. The molecule has 3 amide bonds. The van der Waals surface area contributed by atoms with E-state index in [1.54, 1.807) is 29.2 Å². The van der Waals surface area contributed by atoms with Crippen LogP contribution in [0.4, 0.5) is 0 Å². The predicted octanol–water partition coefficient (Wildman–Crippen LogP) is 0.612. The molecule has 1 aliphatic heterocycles. The van der Waals surface area contributed by atoms with Crippen LogP contribution in [0.5, 0.6) is 0 Å². The Morgan fingerprint density at radius 1 is 1.12 bits per heavy atom.